The zero-order valence-electron chi connectivity index (χ0n) is 14.4. The molecule has 8 heteroatoms. The number of aromatic nitrogens is 2. The van der Waals surface area contributed by atoms with Crippen molar-refractivity contribution in [3.05, 3.63) is 72.3 Å². The van der Waals surface area contributed by atoms with Gasteiger partial charge in [0.25, 0.3) is 5.91 Å². The van der Waals surface area contributed by atoms with Gasteiger partial charge in [-0.2, -0.15) is 0 Å². The first-order valence-electron chi connectivity index (χ1n) is 8.05. The van der Waals surface area contributed by atoms with E-state index in [4.69, 9.17) is 0 Å². The highest BCUT2D eigenvalue weighted by Crippen LogP contribution is 2.17. The first-order chi connectivity index (χ1) is 13.0. The van der Waals surface area contributed by atoms with Crippen LogP contribution in [0.1, 0.15) is 17.4 Å². The van der Waals surface area contributed by atoms with E-state index in [0.29, 0.717) is 11.4 Å². The first kappa shape index (κ1) is 18.0. The van der Waals surface area contributed by atoms with Crippen LogP contribution in [0.5, 0.6) is 0 Å². The van der Waals surface area contributed by atoms with Gasteiger partial charge >= 0.3 is 0 Å². The molecule has 2 aromatic carbocycles. The number of anilines is 4. The molecule has 2 amide bonds. The molecule has 0 bridgehead atoms. The molecule has 0 aliphatic carbocycles. The standard InChI is InChI=1S/C19H16FN5O2/c1-12(26)22-13-6-8-14(9-7-13)23-18(27)17-10-11-21-19(25-17)24-16-5-3-2-4-15(16)20/h2-11H,1H3,(H,22,26)(H,23,27)(H,21,24,25). The Balaban J connectivity index is 1.70. The molecule has 0 unspecified atom stereocenters. The number of amides is 2. The van der Waals surface area contributed by atoms with Crippen LogP contribution in [0, 0.1) is 5.82 Å². The van der Waals surface area contributed by atoms with Crippen molar-refractivity contribution in [2.45, 2.75) is 6.92 Å². The third-order valence-electron chi connectivity index (χ3n) is 3.47. The highest BCUT2D eigenvalue weighted by atomic mass is 19.1. The zero-order valence-corrected chi connectivity index (χ0v) is 14.4. The van der Waals surface area contributed by atoms with E-state index in [9.17, 15) is 14.0 Å². The van der Waals surface area contributed by atoms with Crippen molar-refractivity contribution in [3.8, 4) is 0 Å². The largest absolute Gasteiger partial charge is 0.326 e. The normalized spacial score (nSPS) is 10.1. The van der Waals surface area contributed by atoms with Crippen molar-refractivity contribution < 1.29 is 14.0 Å². The van der Waals surface area contributed by atoms with Crippen LogP contribution >= 0.6 is 0 Å². The smallest absolute Gasteiger partial charge is 0.274 e. The third kappa shape index (κ3) is 4.85. The lowest BCUT2D eigenvalue weighted by molar-refractivity contribution is -0.114. The molecule has 0 saturated carbocycles. The molecule has 1 heterocycles. The SMILES string of the molecule is CC(=O)Nc1ccc(NC(=O)c2ccnc(Nc3ccccc3F)n2)cc1. The molecular formula is C19H16FN5O2. The Morgan fingerprint density at radius 2 is 1.59 bits per heavy atom. The number of rotatable bonds is 5. The average molecular weight is 365 g/mol. The molecule has 0 spiro atoms. The molecule has 3 N–H and O–H groups in total. The van der Waals surface area contributed by atoms with E-state index in [1.165, 1.54) is 25.3 Å². The lowest BCUT2D eigenvalue weighted by Crippen LogP contribution is -2.15. The van der Waals surface area contributed by atoms with Crippen molar-refractivity contribution in [3.63, 3.8) is 0 Å². The van der Waals surface area contributed by atoms with E-state index < -0.39 is 11.7 Å². The third-order valence-corrected chi connectivity index (χ3v) is 3.47. The minimum absolute atomic E-state index is 0.105. The van der Waals surface area contributed by atoms with Crippen LogP contribution in [-0.4, -0.2) is 21.8 Å². The van der Waals surface area contributed by atoms with Gasteiger partial charge in [-0.05, 0) is 42.5 Å². The van der Waals surface area contributed by atoms with E-state index in [0.717, 1.165) is 0 Å². The molecule has 0 aliphatic heterocycles. The van der Waals surface area contributed by atoms with E-state index in [1.54, 1.807) is 42.5 Å². The second kappa shape index (κ2) is 8.05. The summed E-state index contributed by atoms with van der Waals surface area (Å²) in [5, 5.41) is 8.08. The Kier molecular flexibility index (Phi) is 5.36. The van der Waals surface area contributed by atoms with Crippen molar-refractivity contribution in [1.82, 2.24) is 9.97 Å². The molecule has 0 saturated heterocycles. The van der Waals surface area contributed by atoms with Gasteiger partial charge in [0.15, 0.2) is 0 Å². The van der Waals surface area contributed by atoms with Crippen molar-refractivity contribution in [1.29, 1.82) is 0 Å². The molecule has 3 aromatic rings. The van der Waals surface area contributed by atoms with Crippen LogP contribution in [-0.2, 0) is 4.79 Å². The number of carbonyl (C=O) groups is 2. The van der Waals surface area contributed by atoms with Crippen molar-refractivity contribution in [2.75, 3.05) is 16.0 Å². The molecule has 0 aliphatic rings. The Morgan fingerprint density at radius 3 is 2.26 bits per heavy atom. The molecular weight excluding hydrogens is 349 g/mol. The molecule has 1 aromatic heterocycles. The number of carbonyl (C=O) groups excluding carboxylic acids is 2. The summed E-state index contributed by atoms with van der Waals surface area (Å²) in [7, 11) is 0. The van der Waals surface area contributed by atoms with Crippen LogP contribution in [0.15, 0.2) is 60.8 Å². The van der Waals surface area contributed by atoms with Gasteiger partial charge in [0, 0.05) is 24.5 Å². The van der Waals surface area contributed by atoms with Gasteiger partial charge in [-0.25, -0.2) is 14.4 Å². The second-order valence-electron chi connectivity index (χ2n) is 5.58. The second-order valence-corrected chi connectivity index (χ2v) is 5.58. The predicted octanol–water partition coefficient (Wildman–Crippen LogP) is 3.57. The number of para-hydroxylation sites is 1. The fourth-order valence-corrected chi connectivity index (χ4v) is 2.26. The molecule has 27 heavy (non-hydrogen) atoms. The quantitative estimate of drug-likeness (QED) is 0.642. The number of hydrogen-bond acceptors (Lipinski definition) is 5. The number of nitrogens with one attached hydrogen (secondary N) is 3. The predicted molar refractivity (Wildman–Crippen MR) is 100 cm³/mol. The van der Waals surface area contributed by atoms with Crippen molar-refractivity contribution >= 4 is 34.8 Å². The van der Waals surface area contributed by atoms with Crippen LogP contribution < -0.4 is 16.0 Å². The Hall–Kier alpha value is -3.81. The minimum Gasteiger partial charge on any atom is -0.326 e. The lowest BCUT2D eigenvalue weighted by atomic mass is 10.2. The number of halogens is 1. The molecule has 3 rings (SSSR count). The monoisotopic (exact) mass is 365 g/mol. The Labute approximate surface area is 154 Å². The number of benzene rings is 2. The Bertz CT molecular complexity index is 976. The van der Waals surface area contributed by atoms with Gasteiger partial charge in [-0.1, -0.05) is 12.1 Å². The summed E-state index contributed by atoms with van der Waals surface area (Å²) in [4.78, 5) is 31.5. The molecule has 0 radical (unpaired) electrons. The maximum absolute atomic E-state index is 13.7. The minimum atomic E-state index is -0.449. The van der Waals surface area contributed by atoms with E-state index in [1.807, 2.05) is 0 Å². The number of nitrogens with zero attached hydrogens (tertiary/aromatic N) is 2. The summed E-state index contributed by atoms with van der Waals surface area (Å²) in [6.45, 7) is 1.41. The van der Waals surface area contributed by atoms with Gasteiger partial charge in [-0.15, -0.1) is 0 Å². The summed E-state index contributed by atoms with van der Waals surface area (Å²) in [5.41, 5.74) is 1.49. The van der Waals surface area contributed by atoms with E-state index in [-0.39, 0.29) is 23.2 Å². The zero-order chi connectivity index (χ0) is 19.2. The summed E-state index contributed by atoms with van der Waals surface area (Å²) >= 11 is 0. The van der Waals surface area contributed by atoms with Gasteiger partial charge in [0.2, 0.25) is 11.9 Å². The summed E-state index contributed by atoms with van der Waals surface area (Å²) in [6, 6.07) is 14.2. The maximum atomic E-state index is 13.7. The van der Waals surface area contributed by atoms with Gasteiger partial charge in [0.05, 0.1) is 5.69 Å². The average Bonchev–Trinajstić information content (AvgIpc) is 2.65. The van der Waals surface area contributed by atoms with Crippen LogP contribution in [0.3, 0.4) is 0 Å². The topological polar surface area (TPSA) is 96.0 Å². The highest BCUT2D eigenvalue weighted by molar-refractivity contribution is 6.03. The maximum Gasteiger partial charge on any atom is 0.274 e. The fraction of sp³-hybridized carbons (Fsp3) is 0.0526. The van der Waals surface area contributed by atoms with Crippen molar-refractivity contribution in [2.24, 2.45) is 0 Å². The van der Waals surface area contributed by atoms with Gasteiger partial charge in [-0.3, -0.25) is 9.59 Å². The van der Waals surface area contributed by atoms with E-state index in [2.05, 4.69) is 25.9 Å². The van der Waals surface area contributed by atoms with Gasteiger partial charge in [0.1, 0.15) is 11.5 Å². The first-order valence-corrected chi connectivity index (χ1v) is 8.05. The van der Waals surface area contributed by atoms with Crippen LogP contribution in [0.2, 0.25) is 0 Å². The summed E-state index contributed by atoms with van der Waals surface area (Å²) < 4.78 is 13.7. The molecule has 7 nitrogen and oxygen atoms in total. The molecule has 0 fully saturated rings. The fourth-order valence-electron chi connectivity index (χ4n) is 2.26. The number of hydrogen-bond donors (Lipinski definition) is 3. The van der Waals surface area contributed by atoms with Crippen LogP contribution in [0.25, 0.3) is 0 Å². The van der Waals surface area contributed by atoms with Gasteiger partial charge < -0.3 is 16.0 Å². The molecule has 0 atom stereocenters. The Morgan fingerprint density at radius 1 is 0.926 bits per heavy atom. The highest BCUT2D eigenvalue weighted by Gasteiger charge is 2.10. The summed E-state index contributed by atoms with van der Waals surface area (Å²) in [6.07, 6.45) is 1.41. The lowest BCUT2D eigenvalue weighted by Gasteiger charge is -2.08. The molecule has 136 valence electrons. The van der Waals surface area contributed by atoms with Crippen LogP contribution in [0.4, 0.5) is 27.4 Å². The van der Waals surface area contributed by atoms with E-state index >= 15 is 0 Å². The summed E-state index contributed by atoms with van der Waals surface area (Å²) in [5.74, 6) is -0.965.